The first-order valence-corrected chi connectivity index (χ1v) is 10.3. The van der Waals surface area contributed by atoms with Crippen molar-refractivity contribution in [1.82, 2.24) is 26.0 Å². The van der Waals surface area contributed by atoms with Gasteiger partial charge in [0.1, 0.15) is 4.88 Å². The van der Waals surface area contributed by atoms with Gasteiger partial charge < -0.3 is 9.64 Å². The van der Waals surface area contributed by atoms with E-state index < -0.39 is 11.8 Å². The normalized spacial score (nSPS) is 14.1. The number of thiazole rings is 1. The molecule has 0 radical (unpaired) electrons. The molecule has 1 fully saturated rings. The fourth-order valence-corrected chi connectivity index (χ4v) is 4.42. The number of anilines is 1. The molecule has 0 atom stereocenters. The van der Waals surface area contributed by atoms with Crippen molar-refractivity contribution in [1.29, 1.82) is 0 Å². The van der Waals surface area contributed by atoms with Gasteiger partial charge in [0.05, 0.1) is 29.5 Å². The summed E-state index contributed by atoms with van der Waals surface area (Å²) < 4.78 is 5.34. The van der Waals surface area contributed by atoms with Crippen molar-refractivity contribution in [3.63, 3.8) is 0 Å². The topological polar surface area (TPSA) is 112 Å². The van der Waals surface area contributed by atoms with Crippen LogP contribution >= 0.6 is 22.7 Å². The van der Waals surface area contributed by atoms with Crippen molar-refractivity contribution >= 4 is 39.6 Å². The summed E-state index contributed by atoms with van der Waals surface area (Å²) in [7, 11) is 0. The minimum absolute atomic E-state index is 0.193. The van der Waals surface area contributed by atoms with Crippen molar-refractivity contribution < 1.29 is 14.3 Å². The first-order valence-electron chi connectivity index (χ1n) is 8.62. The van der Waals surface area contributed by atoms with Crippen LogP contribution in [0.15, 0.2) is 23.6 Å². The Morgan fingerprint density at radius 1 is 1.25 bits per heavy atom. The molecular formula is C17H18N6O3S2. The molecule has 0 spiro atoms. The Balaban J connectivity index is 1.37. The van der Waals surface area contributed by atoms with E-state index in [4.69, 9.17) is 4.74 Å². The van der Waals surface area contributed by atoms with Gasteiger partial charge in [-0.3, -0.25) is 25.5 Å². The molecule has 3 aromatic heterocycles. The van der Waals surface area contributed by atoms with Crippen molar-refractivity contribution in [2.75, 3.05) is 31.2 Å². The summed E-state index contributed by atoms with van der Waals surface area (Å²) >= 11 is 2.84. The molecule has 146 valence electrons. The second-order valence-electron chi connectivity index (χ2n) is 6.06. The predicted octanol–water partition coefficient (Wildman–Crippen LogP) is 1.81. The highest BCUT2D eigenvalue weighted by Gasteiger charge is 2.21. The number of amides is 2. The summed E-state index contributed by atoms with van der Waals surface area (Å²) in [5.74, 6) is -0.903. The molecule has 0 aliphatic carbocycles. The number of H-pyrrole nitrogens is 1. The van der Waals surface area contributed by atoms with Gasteiger partial charge in [-0.1, -0.05) is 17.4 Å². The third-order valence-electron chi connectivity index (χ3n) is 4.16. The number of ether oxygens (including phenoxy) is 1. The zero-order valence-corrected chi connectivity index (χ0v) is 16.7. The molecule has 1 aliphatic rings. The van der Waals surface area contributed by atoms with Crippen LogP contribution in [0.3, 0.4) is 0 Å². The van der Waals surface area contributed by atoms with E-state index in [2.05, 4.69) is 30.9 Å². The quantitative estimate of drug-likeness (QED) is 0.557. The van der Waals surface area contributed by atoms with Crippen molar-refractivity contribution in [3.8, 4) is 10.6 Å². The number of hydrazine groups is 1. The Hall–Kier alpha value is -2.76. The molecule has 0 unspecified atom stereocenters. The highest BCUT2D eigenvalue weighted by atomic mass is 32.1. The minimum Gasteiger partial charge on any atom is -0.378 e. The first-order chi connectivity index (χ1) is 13.6. The lowest BCUT2D eigenvalue weighted by Gasteiger charge is -2.25. The van der Waals surface area contributed by atoms with E-state index in [0.717, 1.165) is 28.8 Å². The highest BCUT2D eigenvalue weighted by Crippen LogP contribution is 2.26. The van der Waals surface area contributed by atoms with Crippen LogP contribution in [0.5, 0.6) is 0 Å². The lowest BCUT2D eigenvalue weighted by molar-refractivity contribution is 0.0845. The molecule has 1 saturated heterocycles. The van der Waals surface area contributed by atoms with E-state index >= 15 is 0 Å². The lowest BCUT2D eigenvalue weighted by Crippen LogP contribution is -2.41. The predicted molar refractivity (Wildman–Crippen MR) is 107 cm³/mol. The van der Waals surface area contributed by atoms with Crippen molar-refractivity contribution in [2.24, 2.45) is 0 Å². The SMILES string of the molecule is Cc1nc(N2CCOCC2)sc1C(=O)NNC(=O)c1cc(-c2cccs2)[nH]n1. The Morgan fingerprint density at radius 2 is 2.04 bits per heavy atom. The average Bonchev–Trinajstić information content (AvgIpc) is 3.46. The van der Waals surface area contributed by atoms with Crippen LogP contribution in [0.2, 0.25) is 0 Å². The van der Waals surface area contributed by atoms with E-state index in [1.165, 1.54) is 11.3 Å². The van der Waals surface area contributed by atoms with E-state index in [1.807, 2.05) is 17.5 Å². The number of rotatable bonds is 4. The van der Waals surface area contributed by atoms with Crippen LogP contribution in [-0.4, -0.2) is 53.3 Å². The third kappa shape index (κ3) is 3.91. The Kier molecular flexibility index (Phi) is 5.37. The van der Waals surface area contributed by atoms with Gasteiger partial charge in [-0.2, -0.15) is 5.10 Å². The van der Waals surface area contributed by atoms with Gasteiger partial charge in [-0.05, 0) is 24.4 Å². The maximum Gasteiger partial charge on any atom is 0.290 e. The van der Waals surface area contributed by atoms with Gasteiger partial charge in [-0.25, -0.2) is 4.98 Å². The molecule has 1 aliphatic heterocycles. The molecule has 4 heterocycles. The van der Waals surface area contributed by atoms with Crippen molar-refractivity contribution in [2.45, 2.75) is 6.92 Å². The Labute approximate surface area is 168 Å². The standard InChI is InChI=1S/C17H18N6O3S2/c1-10-14(28-17(18-10)23-4-6-26-7-5-23)16(25)22-21-15(24)12-9-11(19-20-12)13-3-2-8-27-13/h2-3,8-9H,4-7H2,1H3,(H,19,20)(H,21,24)(H,22,25). The van der Waals surface area contributed by atoms with Crippen LogP contribution in [0.1, 0.15) is 25.9 Å². The zero-order chi connectivity index (χ0) is 19.5. The van der Waals surface area contributed by atoms with Gasteiger partial charge in [0.15, 0.2) is 10.8 Å². The van der Waals surface area contributed by atoms with Crippen LogP contribution in [0, 0.1) is 6.92 Å². The number of aromatic nitrogens is 3. The van der Waals surface area contributed by atoms with Gasteiger partial charge in [0.2, 0.25) is 0 Å². The zero-order valence-electron chi connectivity index (χ0n) is 15.0. The molecule has 28 heavy (non-hydrogen) atoms. The average molecular weight is 419 g/mol. The summed E-state index contributed by atoms with van der Waals surface area (Å²) in [5, 5.41) is 9.54. The minimum atomic E-state index is -0.497. The lowest BCUT2D eigenvalue weighted by atomic mass is 10.3. The molecule has 4 rings (SSSR count). The maximum absolute atomic E-state index is 12.5. The van der Waals surface area contributed by atoms with Crippen molar-refractivity contribution in [3.05, 3.63) is 39.8 Å². The van der Waals surface area contributed by atoms with Gasteiger partial charge in [0, 0.05) is 13.1 Å². The van der Waals surface area contributed by atoms with E-state index in [-0.39, 0.29) is 5.69 Å². The summed E-state index contributed by atoms with van der Waals surface area (Å²) in [6.45, 7) is 4.56. The molecule has 0 saturated carbocycles. The summed E-state index contributed by atoms with van der Waals surface area (Å²) in [6, 6.07) is 5.49. The summed E-state index contributed by atoms with van der Waals surface area (Å²) in [5.41, 5.74) is 6.40. The van der Waals surface area contributed by atoms with E-state index in [9.17, 15) is 9.59 Å². The molecule has 11 heteroatoms. The van der Waals surface area contributed by atoms with Gasteiger partial charge >= 0.3 is 0 Å². The number of nitrogens with zero attached hydrogens (tertiary/aromatic N) is 3. The monoisotopic (exact) mass is 418 g/mol. The number of carbonyl (C=O) groups excluding carboxylic acids is 2. The number of hydrogen-bond donors (Lipinski definition) is 3. The van der Waals surface area contributed by atoms with Gasteiger partial charge in [-0.15, -0.1) is 11.3 Å². The fourth-order valence-electron chi connectivity index (χ4n) is 2.71. The second kappa shape index (κ2) is 8.09. The first kappa shape index (κ1) is 18.6. The molecule has 3 N–H and O–H groups in total. The number of thiophene rings is 1. The third-order valence-corrected chi connectivity index (χ3v) is 6.28. The molecule has 0 aromatic carbocycles. The molecule has 3 aromatic rings. The molecule has 9 nitrogen and oxygen atoms in total. The Bertz CT molecular complexity index is 975. The Morgan fingerprint density at radius 3 is 2.79 bits per heavy atom. The number of morpholine rings is 1. The molecule has 2 amide bonds. The smallest absolute Gasteiger partial charge is 0.290 e. The number of hydrogen-bond acceptors (Lipinski definition) is 8. The molecule has 0 bridgehead atoms. The van der Waals surface area contributed by atoms with E-state index in [1.54, 1.807) is 24.3 Å². The van der Waals surface area contributed by atoms with E-state index in [0.29, 0.717) is 23.8 Å². The summed E-state index contributed by atoms with van der Waals surface area (Å²) in [6.07, 6.45) is 0. The van der Waals surface area contributed by atoms with Crippen LogP contribution < -0.4 is 15.8 Å². The fraction of sp³-hybridized carbons (Fsp3) is 0.294. The molecular weight excluding hydrogens is 400 g/mol. The van der Waals surface area contributed by atoms with Crippen LogP contribution in [0.4, 0.5) is 5.13 Å². The van der Waals surface area contributed by atoms with Gasteiger partial charge in [0.25, 0.3) is 11.8 Å². The van der Waals surface area contributed by atoms with Crippen LogP contribution in [0.25, 0.3) is 10.6 Å². The second-order valence-corrected chi connectivity index (χ2v) is 7.99. The largest absolute Gasteiger partial charge is 0.378 e. The number of nitrogens with one attached hydrogen (secondary N) is 3. The number of carbonyl (C=O) groups is 2. The summed E-state index contributed by atoms with van der Waals surface area (Å²) in [4.78, 5) is 32.7. The highest BCUT2D eigenvalue weighted by molar-refractivity contribution is 7.17. The maximum atomic E-state index is 12.5. The number of aryl methyl sites for hydroxylation is 1. The number of aromatic amines is 1. The van der Waals surface area contributed by atoms with Crippen LogP contribution in [-0.2, 0) is 4.74 Å².